The molecule has 1 aliphatic rings. The fraction of sp³-hybridized carbons (Fsp3) is 0.424. The van der Waals surface area contributed by atoms with E-state index in [9.17, 15) is 18.7 Å². The van der Waals surface area contributed by atoms with Crippen molar-refractivity contribution in [2.24, 2.45) is 0 Å². The molecule has 0 heterocycles. The Morgan fingerprint density at radius 3 is 2.38 bits per heavy atom. The predicted octanol–water partition coefficient (Wildman–Crippen LogP) is 5.49. The van der Waals surface area contributed by atoms with E-state index in [2.05, 4.69) is 47.7 Å². The van der Waals surface area contributed by atoms with Crippen LogP contribution >= 0.6 is 0 Å². The molecule has 0 saturated heterocycles. The molecule has 7 heteroatoms. The maximum atomic E-state index is 14.0. The summed E-state index contributed by atoms with van der Waals surface area (Å²) in [5.74, 6) is -1.71. The number of aliphatic hydroxyl groups excluding tert-OH is 1. The van der Waals surface area contributed by atoms with Crippen LogP contribution in [-0.2, 0) is 18.5 Å². The lowest BCUT2D eigenvalue weighted by Crippen LogP contribution is -2.50. The molecule has 3 aromatic carbocycles. The number of carbonyl (C=O) groups is 1. The topological polar surface area (TPSA) is 64.6 Å². The Kier molecular flexibility index (Phi) is 10.1. The van der Waals surface area contributed by atoms with Crippen LogP contribution in [0.1, 0.15) is 65.2 Å². The molecule has 3 N–H and O–H groups in total. The van der Waals surface area contributed by atoms with Gasteiger partial charge in [0.25, 0.3) is 5.91 Å². The van der Waals surface area contributed by atoms with Crippen molar-refractivity contribution < 1.29 is 18.7 Å². The highest BCUT2D eigenvalue weighted by Crippen LogP contribution is 2.45. The van der Waals surface area contributed by atoms with Gasteiger partial charge in [-0.15, -0.1) is 0 Å². The van der Waals surface area contributed by atoms with E-state index in [1.165, 1.54) is 12.1 Å². The van der Waals surface area contributed by atoms with Crippen LogP contribution in [0, 0.1) is 18.6 Å². The van der Waals surface area contributed by atoms with E-state index in [1.54, 1.807) is 0 Å². The van der Waals surface area contributed by atoms with Crippen molar-refractivity contribution in [2.45, 2.75) is 70.2 Å². The molecule has 0 bridgehead atoms. The van der Waals surface area contributed by atoms with E-state index >= 15 is 0 Å². The Labute approximate surface area is 236 Å². The average molecular weight is 550 g/mol. The zero-order chi connectivity index (χ0) is 28.7. The summed E-state index contributed by atoms with van der Waals surface area (Å²) in [4.78, 5) is 15.7. The van der Waals surface area contributed by atoms with Crippen LogP contribution in [0.25, 0.3) is 0 Å². The summed E-state index contributed by atoms with van der Waals surface area (Å²) in [7, 11) is 2.07. The molecule has 0 radical (unpaired) electrons. The summed E-state index contributed by atoms with van der Waals surface area (Å²) in [5.41, 5.74) is 3.83. The normalized spacial score (nSPS) is 15.6. The van der Waals surface area contributed by atoms with Crippen LogP contribution in [0.15, 0.2) is 66.7 Å². The van der Waals surface area contributed by atoms with E-state index in [-0.39, 0.29) is 24.4 Å². The number of benzene rings is 3. The van der Waals surface area contributed by atoms with E-state index in [1.807, 2.05) is 37.3 Å². The van der Waals surface area contributed by atoms with Crippen molar-refractivity contribution in [3.05, 3.63) is 106 Å². The molecule has 0 aliphatic heterocycles. The minimum absolute atomic E-state index is 0.0834. The van der Waals surface area contributed by atoms with Gasteiger partial charge in [-0.2, -0.15) is 0 Å². The maximum absolute atomic E-state index is 14.0. The van der Waals surface area contributed by atoms with Crippen molar-refractivity contribution in [3.63, 3.8) is 0 Å². The first-order valence-electron chi connectivity index (χ1n) is 14.2. The number of hydrogen-bond acceptors (Lipinski definition) is 4. The van der Waals surface area contributed by atoms with Gasteiger partial charge in [-0.25, -0.2) is 8.78 Å². The molecule has 1 aliphatic carbocycles. The number of rotatable bonds is 14. The number of amides is 1. The fourth-order valence-corrected chi connectivity index (χ4v) is 5.31. The SMILES string of the molecule is CCCCN(C)Cc1cc(C)cc(C(=O)NC(Cc2cc(F)cc(F)c2)C(O)CNC2(c3ccccc3)CC2)c1. The minimum Gasteiger partial charge on any atom is -0.390 e. The molecule has 1 saturated carbocycles. The van der Waals surface area contributed by atoms with Gasteiger partial charge in [0.05, 0.1) is 12.1 Å². The Hall–Kier alpha value is -3.13. The van der Waals surface area contributed by atoms with Crippen LogP contribution in [0.5, 0.6) is 0 Å². The Bertz CT molecular complexity index is 1260. The second-order valence-corrected chi connectivity index (χ2v) is 11.3. The summed E-state index contributed by atoms with van der Waals surface area (Å²) in [6, 6.07) is 18.4. The Balaban J connectivity index is 1.50. The number of nitrogens with one attached hydrogen (secondary N) is 2. The van der Waals surface area contributed by atoms with E-state index in [0.29, 0.717) is 11.1 Å². The first kappa shape index (κ1) is 29.8. The van der Waals surface area contributed by atoms with Crippen LogP contribution in [0.3, 0.4) is 0 Å². The lowest BCUT2D eigenvalue weighted by molar-refractivity contribution is 0.0821. The number of hydrogen-bond donors (Lipinski definition) is 3. The van der Waals surface area contributed by atoms with Crippen molar-refractivity contribution >= 4 is 5.91 Å². The molecular weight excluding hydrogens is 508 g/mol. The summed E-state index contributed by atoms with van der Waals surface area (Å²) in [6.45, 7) is 6.04. The second kappa shape index (κ2) is 13.5. The molecule has 0 aromatic heterocycles. The fourth-order valence-electron chi connectivity index (χ4n) is 5.31. The standard InChI is InChI=1S/C33H41F2N3O2/c1-4-5-13-38(3)22-25-14-23(2)15-26(16-25)32(40)37-30(19-24-17-28(34)20-29(35)18-24)31(39)21-36-33(11-12-33)27-9-7-6-8-10-27/h6-10,14-18,20,30-31,36,39H,4-5,11-13,19,21-22H2,1-3H3,(H,37,40). The van der Waals surface area contributed by atoms with Crippen molar-refractivity contribution in [1.29, 1.82) is 0 Å². The molecule has 4 rings (SSSR count). The van der Waals surface area contributed by atoms with E-state index in [4.69, 9.17) is 0 Å². The molecule has 1 amide bonds. The summed E-state index contributed by atoms with van der Waals surface area (Å²) in [5, 5.41) is 17.7. The molecule has 40 heavy (non-hydrogen) atoms. The highest BCUT2D eigenvalue weighted by atomic mass is 19.1. The number of halogens is 2. The van der Waals surface area contributed by atoms with Crippen molar-refractivity contribution in [2.75, 3.05) is 20.1 Å². The van der Waals surface area contributed by atoms with Crippen molar-refractivity contribution in [1.82, 2.24) is 15.5 Å². The number of unbranched alkanes of at least 4 members (excludes halogenated alkanes) is 1. The first-order valence-corrected chi connectivity index (χ1v) is 14.2. The van der Waals surface area contributed by atoms with Gasteiger partial charge in [-0.1, -0.05) is 55.3 Å². The van der Waals surface area contributed by atoms with Crippen LogP contribution in [0.2, 0.25) is 0 Å². The smallest absolute Gasteiger partial charge is 0.251 e. The van der Waals surface area contributed by atoms with Crippen LogP contribution < -0.4 is 10.6 Å². The van der Waals surface area contributed by atoms with E-state index in [0.717, 1.165) is 61.5 Å². The number of aliphatic hydroxyl groups is 1. The molecule has 2 unspecified atom stereocenters. The number of aryl methyl sites for hydroxylation is 1. The number of nitrogens with zero attached hydrogens (tertiary/aromatic N) is 1. The van der Waals surface area contributed by atoms with Crippen LogP contribution in [0.4, 0.5) is 8.78 Å². The monoisotopic (exact) mass is 549 g/mol. The molecular formula is C33H41F2N3O2. The third-order valence-corrected chi connectivity index (χ3v) is 7.63. The second-order valence-electron chi connectivity index (χ2n) is 11.3. The Morgan fingerprint density at radius 1 is 1.02 bits per heavy atom. The largest absolute Gasteiger partial charge is 0.390 e. The number of carbonyl (C=O) groups excluding carboxylic acids is 1. The molecule has 2 atom stereocenters. The molecule has 3 aromatic rings. The van der Waals surface area contributed by atoms with Gasteiger partial charge < -0.3 is 20.6 Å². The molecule has 5 nitrogen and oxygen atoms in total. The van der Waals surface area contributed by atoms with E-state index < -0.39 is 23.8 Å². The highest BCUT2D eigenvalue weighted by molar-refractivity contribution is 5.94. The molecule has 214 valence electrons. The lowest BCUT2D eigenvalue weighted by Gasteiger charge is -2.27. The summed E-state index contributed by atoms with van der Waals surface area (Å²) >= 11 is 0. The summed E-state index contributed by atoms with van der Waals surface area (Å²) < 4.78 is 27.9. The van der Waals surface area contributed by atoms with Gasteiger partial charge in [-0.3, -0.25) is 4.79 Å². The maximum Gasteiger partial charge on any atom is 0.251 e. The summed E-state index contributed by atoms with van der Waals surface area (Å²) in [6.07, 6.45) is 3.23. The zero-order valence-electron chi connectivity index (χ0n) is 23.7. The third-order valence-electron chi connectivity index (χ3n) is 7.63. The minimum atomic E-state index is -0.985. The van der Waals surface area contributed by atoms with Gasteiger partial charge in [-0.05, 0) is 87.2 Å². The van der Waals surface area contributed by atoms with Crippen molar-refractivity contribution in [3.8, 4) is 0 Å². The van der Waals surface area contributed by atoms with Crippen LogP contribution in [-0.4, -0.2) is 48.2 Å². The molecule has 1 fully saturated rings. The molecule has 0 spiro atoms. The van der Waals surface area contributed by atoms with Gasteiger partial charge >= 0.3 is 0 Å². The highest BCUT2D eigenvalue weighted by Gasteiger charge is 2.44. The quantitative estimate of drug-likeness (QED) is 0.249. The lowest BCUT2D eigenvalue weighted by atomic mass is 9.98. The van der Waals surface area contributed by atoms with Gasteiger partial charge in [0.1, 0.15) is 11.6 Å². The van der Waals surface area contributed by atoms with Gasteiger partial charge in [0, 0.05) is 30.3 Å². The van der Waals surface area contributed by atoms with Gasteiger partial charge in [0.2, 0.25) is 0 Å². The predicted molar refractivity (Wildman–Crippen MR) is 155 cm³/mol. The average Bonchev–Trinajstić information content (AvgIpc) is 3.71. The third kappa shape index (κ3) is 8.19. The van der Waals surface area contributed by atoms with Gasteiger partial charge in [0.15, 0.2) is 0 Å². The zero-order valence-corrected chi connectivity index (χ0v) is 23.7. The first-order chi connectivity index (χ1) is 19.2. The Morgan fingerprint density at radius 2 is 1.73 bits per heavy atom.